The molecule has 0 atom stereocenters. The molecule has 162 valence electrons. The van der Waals surface area contributed by atoms with Gasteiger partial charge in [0.05, 0.1) is 12.5 Å². The van der Waals surface area contributed by atoms with Crippen molar-refractivity contribution in [1.82, 2.24) is 15.0 Å². The lowest BCUT2D eigenvalue weighted by atomic mass is 10.1. The van der Waals surface area contributed by atoms with Gasteiger partial charge in [-0.2, -0.15) is 0 Å². The normalized spacial score (nSPS) is 10.9. The highest BCUT2D eigenvalue weighted by atomic mass is 16.3. The second-order valence-electron chi connectivity index (χ2n) is 7.79. The molecule has 3 aromatic heterocycles. The van der Waals surface area contributed by atoms with Gasteiger partial charge < -0.3 is 8.83 Å². The molecule has 0 N–H and O–H groups in total. The number of nitrogens with zero attached hydrogens (tertiary/aromatic N) is 3. The monoisotopic (exact) mass is 441 g/mol. The van der Waals surface area contributed by atoms with Crippen LogP contribution in [0.4, 0.5) is 0 Å². The lowest BCUT2D eigenvalue weighted by Gasteiger charge is -2.09. The molecule has 0 saturated heterocycles. The summed E-state index contributed by atoms with van der Waals surface area (Å²) in [6.45, 7) is 0. The predicted molar refractivity (Wildman–Crippen MR) is 132 cm³/mol. The average Bonchev–Trinajstić information content (AvgIpc) is 3.64. The van der Waals surface area contributed by atoms with Gasteiger partial charge >= 0.3 is 0 Å². The van der Waals surface area contributed by atoms with Crippen molar-refractivity contribution < 1.29 is 8.83 Å². The summed E-state index contributed by atoms with van der Waals surface area (Å²) in [5.74, 6) is 3.41. The van der Waals surface area contributed by atoms with E-state index in [9.17, 15) is 0 Å². The molecule has 3 heterocycles. The molecule has 5 nitrogen and oxygen atoms in total. The lowest BCUT2D eigenvalue weighted by molar-refractivity contribution is 0.582. The van der Waals surface area contributed by atoms with E-state index in [0.717, 1.165) is 39.3 Å². The first-order valence-corrected chi connectivity index (χ1v) is 10.9. The van der Waals surface area contributed by atoms with Gasteiger partial charge in [0.2, 0.25) is 0 Å². The second kappa shape index (κ2) is 8.64. The van der Waals surface area contributed by atoms with Crippen molar-refractivity contribution in [3.05, 3.63) is 116 Å². The van der Waals surface area contributed by atoms with Gasteiger partial charge in [-0.1, -0.05) is 66.7 Å². The third kappa shape index (κ3) is 3.91. The molecular weight excluding hydrogens is 422 g/mol. The van der Waals surface area contributed by atoms with E-state index < -0.39 is 0 Å². The van der Waals surface area contributed by atoms with E-state index in [1.807, 2.05) is 103 Å². The molecule has 6 rings (SSSR count). The number of hydrogen-bond donors (Lipinski definition) is 0. The van der Waals surface area contributed by atoms with Gasteiger partial charge in [0, 0.05) is 27.8 Å². The fourth-order valence-corrected chi connectivity index (χ4v) is 3.86. The van der Waals surface area contributed by atoms with E-state index in [-0.39, 0.29) is 0 Å². The van der Waals surface area contributed by atoms with Crippen molar-refractivity contribution in [2.45, 2.75) is 0 Å². The second-order valence-corrected chi connectivity index (χ2v) is 7.79. The van der Waals surface area contributed by atoms with E-state index in [2.05, 4.69) is 0 Å². The van der Waals surface area contributed by atoms with E-state index in [0.29, 0.717) is 17.5 Å². The predicted octanol–water partition coefficient (Wildman–Crippen LogP) is 7.39. The van der Waals surface area contributed by atoms with Gasteiger partial charge in [-0.05, 0) is 36.4 Å². The van der Waals surface area contributed by atoms with Gasteiger partial charge in [-0.25, -0.2) is 15.0 Å². The zero-order chi connectivity index (χ0) is 22.7. The van der Waals surface area contributed by atoms with Crippen molar-refractivity contribution in [2.24, 2.45) is 0 Å². The molecule has 0 amide bonds. The number of furan rings is 2. The summed E-state index contributed by atoms with van der Waals surface area (Å²) in [5, 5.41) is 0. The molecule has 0 aliphatic carbocycles. The van der Waals surface area contributed by atoms with Crippen LogP contribution in [-0.4, -0.2) is 15.0 Å². The summed E-state index contributed by atoms with van der Waals surface area (Å²) in [7, 11) is 0. The average molecular weight is 441 g/mol. The number of aromatic nitrogens is 3. The molecule has 0 spiro atoms. The maximum atomic E-state index is 5.58. The Morgan fingerprint density at radius 1 is 0.382 bits per heavy atom. The van der Waals surface area contributed by atoms with E-state index in [4.69, 9.17) is 23.8 Å². The molecule has 5 heteroatoms. The van der Waals surface area contributed by atoms with Gasteiger partial charge in [0.25, 0.3) is 0 Å². The first-order valence-electron chi connectivity index (χ1n) is 10.9. The fourth-order valence-electron chi connectivity index (χ4n) is 3.86. The fraction of sp³-hybridized carbons (Fsp3) is 0. The molecule has 0 unspecified atom stereocenters. The summed E-state index contributed by atoms with van der Waals surface area (Å²) in [6.07, 6.45) is 3.34. The Morgan fingerprint density at radius 3 is 1.29 bits per heavy atom. The van der Waals surface area contributed by atoms with Crippen LogP contribution >= 0.6 is 0 Å². The van der Waals surface area contributed by atoms with E-state index in [1.54, 1.807) is 12.5 Å². The molecule has 0 aliphatic rings. The summed E-state index contributed by atoms with van der Waals surface area (Å²) in [4.78, 5) is 14.5. The van der Waals surface area contributed by atoms with Crippen LogP contribution in [-0.2, 0) is 0 Å². The highest BCUT2D eigenvalue weighted by Gasteiger charge is 2.14. The molecule has 34 heavy (non-hydrogen) atoms. The third-order valence-corrected chi connectivity index (χ3v) is 5.52. The summed E-state index contributed by atoms with van der Waals surface area (Å²) in [6, 6.07) is 33.6. The molecule has 0 radical (unpaired) electrons. The first kappa shape index (κ1) is 19.9. The Balaban J connectivity index is 1.51. The molecule has 0 fully saturated rings. The standard InChI is InChI=1S/C29H19N3O2/c1-2-8-20(9-3-1)27-30-28(23-12-4-10-21(18-23)25-14-6-16-33-25)32-29(31-27)24-13-5-11-22(19-24)26-15-7-17-34-26/h1-19H. The minimum atomic E-state index is 0.598. The van der Waals surface area contributed by atoms with Crippen LogP contribution in [0.5, 0.6) is 0 Å². The lowest BCUT2D eigenvalue weighted by Crippen LogP contribution is -2.00. The van der Waals surface area contributed by atoms with E-state index >= 15 is 0 Å². The Kier molecular flexibility index (Phi) is 5.05. The molecule has 0 bridgehead atoms. The van der Waals surface area contributed by atoms with Crippen molar-refractivity contribution in [2.75, 3.05) is 0 Å². The quantitative estimate of drug-likeness (QED) is 0.279. The van der Waals surface area contributed by atoms with E-state index in [1.165, 1.54) is 0 Å². The minimum Gasteiger partial charge on any atom is -0.464 e. The summed E-state index contributed by atoms with van der Waals surface area (Å²) < 4.78 is 11.2. The van der Waals surface area contributed by atoms with Crippen LogP contribution in [0.15, 0.2) is 124 Å². The molecular formula is C29H19N3O2. The number of rotatable bonds is 5. The third-order valence-electron chi connectivity index (χ3n) is 5.52. The molecule has 0 aliphatic heterocycles. The van der Waals surface area contributed by atoms with Gasteiger partial charge in [0.15, 0.2) is 17.5 Å². The molecule has 6 aromatic rings. The Morgan fingerprint density at radius 2 is 0.824 bits per heavy atom. The maximum Gasteiger partial charge on any atom is 0.164 e. The summed E-state index contributed by atoms with van der Waals surface area (Å²) >= 11 is 0. The van der Waals surface area contributed by atoms with Crippen LogP contribution in [0, 0.1) is 0 Å². The van der Waals surface area contributed by atoms with Crippen LogP contribution < -0.4 is 0 Å². The van der Waals surface area contributed by atoms with Crippen molar-refractivity contribution in [1.29, 1.82) is 0 Å². The largest absolute Gasteiger partial charge is 0.464 e. The first-order chi connectivity index (χ1) is 16.8. The summed E-state index contributed by atoms with van der Waals surface area (Å²) in [5.41, 5.74) is 4.63. The van der Waals surface area contributed by atoms with Crippen molar-refractivity contribution in [3.63, 3.8) is 0 Å². The van der Waals surface area contributed by atoms with Crippen molar-refractivity contribution >= 4 is 0 Å². The molecule has 0 saturated carbocycles. The zero-order valence-corrected chi connectivity index (χ0v) is 18.1. The number of benzene rings is 3. The number of hydrogen-bond acceptors (Lipinski definition) is 5. The van der Waals surface area contributed by atoms with Gasteiger partial charge in [-0.3, -0.25) is 0 Å². The topological polar surface area (TPSA) is 65.0 Å². The van der Waals surface area contributed by atoms with Gasteiger partial charge in [0.1, 0.15) is 11.5 Å². The highest BCUT2D eigenvalue weighted by molar-refractivity contribution is 5.72. The maximum absolute atomic E-state index is 5.58. The Labute approximate surface area is 196 Å². The van der Waals surface area contributed by atoms with Crippen LogP contribution in [0.2, 0.25) is 0 Å². The van der Waals surface area contributed by atoms with Crippen molar-refractivity contribution in [3.8, 4) is 56.8 Å². The van der Waals surface area contributed by atoms with Crippen LogP contribution in [0.25, 0.3) is 56.8 Å². The van der Waals surface area contributed by atoms with Gasteiger partial charge in [-0.15, -0.1) is 0 Å². The van der Waals surface area contributed by atoms with Crippen LogP contribution in [0.1, 0.15) is 0 Å². The highest BCUT2D eigenvalue weighted by Crippen LogP contribution is 2.30. The molecule has 3 aromatic carbocycles. The smallest absolute Gasteiger partial charge is 0.164 e. The Hall–Kier alpha value is -4.77. The Bertz CT molecular complexity index is 1440. The SMILES string of the molecule is c1ccc(-c2nc(-c3cccc(-c4ccco4)c3)nc(-c3cccc(-c4ccco4)c3)n2)cc1. The minimum absolute atomic E-state index is 0.598. The zero-order valence-electron chi connectivity index (χ0n) is 18.1. The van der Waals surface area contributed by atoms with Crippen LogP contribution in [0.3, 0.4) is 0 Å².